The number of hydrogen-bond acceptors (Lipinski definition) is 3. The van der Waals surface area contributed by atoms with Crippen molar-refractivity contribution in [3.8, 4) is 22.5 Å². The average Bonchev–Trinajstić information content (AvgIpc) is 3.49. The highest BCUT2D eigenvalue weighted by Crippen LogP contribution is 2.39. The summed E-state index contributed by atoms with van der Waals surface area (Å²) in [4.78, 5) is 5.41. The van der Waals surface area contributed by atoms with Gasteiger partial charge in [0.15, 0.2) is 0 Å². The molecule has 1 fully saturated rings. The van der Waals surface area contributed by atoms with E-state index in [2.05, 4.69) is 124 Å². The zero-order valence-electron chi connectivity index (χ0n) is 24.5. The molecule has 0 unspecified atom stereocenters. The van der Waals surface area contributed by atoms with E-state index in [9.17, 15) is 0 Å². The molecule has 1 aliphatic heterocycles. The second-order valence-electron chi connectivity index (χ2n) is 12.0. The Hall–Kier alpha value is -4.45. The zero-order chi connectivity index (χ0) is 29.2. The molecule has 0 radical (unpaired) electrons. The summed E-state index contributed by atoms with van der Waals surface area (Å²) in [6.07, 6.45) is 3.86. The Kier molecular flexibility index (Phi) is 6.02. The van der Waals surface area contributed by atoms with E-state index in [0.717, 1.165) is 65.7 Å². The van der Waals surface area contributed by atoms with E-state index >= 15 is 0 Å². The van der Waals surface area contributed by atoms with Crippen molar-refractivity contribution in [2.75, 3.05) is 0 Å². The highest BCUT2D eigenvalue weighted by Gasteiger charge is 2.51. The van der Waals surface area contributed by atoms with Gasteiger partial charge in [-0.05, 0) is 55.0 Å². The normalized spacial score (nSPS) is 16.6. The van der Waals surface area contributed by atoms with Crippen LogP contribution in [0, 0.1) is 0 Å². The van der Waals surface area contributed by atoms with Crippen LogP contribution in [0.15, 0.2) is 104 Å². The van der Waals surface area contributed by atoms with Crippen molar-refractivity contribution >= 4 is 52.6 Å². The summed E-state index contributed by atoms with van der Waals surface area (Å²) in [6.45, 7) is 16.7. The van der Waals surface area contributed by atoms with Gasteiger partial charge < -0.3 is 9.31 Å². The van der Waals surface area contributed by atoms with Crippen LogP contribution in [0.3, 0.4) is 0 Å². The van der Waals surface area contributed by atoms with Crippen molar-refractivity contribution < 1.29 is 9.31 Å². The van der Waals surface area contributed by atoms with E-state index < -0.39 is 18.3 Å². The van der Waals surface area contributed by atoms with Crippen LogP contribution >= 0.6 is 0 Å². The molecule has 42 heavy (non-hydrogen) atoms. The third kappa shape index (κ3) is 3.96. The number of aromatic nitrogens is 2. The minimum Gasteiger partial charge on any atom is -0.399 e. The van der Waals surface area contributed by atoms with Crippen molar-refractivity contribution in [3.63, 3.8) is 0 Å². The van der Waals surface area contributed by atoms with Crippen molar-refractivity contribution in [3.05, 3.63) is 114 Å². The number of benzene rings is 4. The maximum atomic E-state index is 6.48. The number of pyridine rings is 1. The monoisotopic (exact) mass is 548 g/mol. The molecule has 0 saturated carbocycles. The van der Waals surface area contributed by atoms with Gasteiger partial charge in [0.05, 0.1) is 28.1 Å². The van der Waals surface area contributed by atoms with E-state index in [-0.39, 0.29) is 0 Å². The molecule has 1 aliphatic rings. The standard InChI is InChI=1S/C37H33BN2O2/c1-7-14-28-24(2)19-21-30-29-22-20-27(38-41-36(3,4)37(5,6)42-38)23-31(29)40-34(26-17-12-9-13-18-26)33(39-35(40)32(28)30)25-15-10-8-11-16-25/h7-23H,1-2H2,3-6H3/b28-14+. The number of rotatable bonds is 4. The molecule has 0 bridgehead atoms. The van der Waals surface area contributed by atoms with E-state index in [0.29, 0.717) is 0 Å². The molecule has 4 aromatic carbocycles. The Labute approximate surface area is 246 Å². The van der Waals surface area contributed by atoms with Crippen molar-refractivity contribution in [2.45, 2.75) is 38.9 Å². The second kappa shape index (κ2) is 9.55. The number of allylic oxidation sites excluding steroid dienone is 1. The fourth-order valence-corrected chi connectivity index (χ4v) is 6.01. The van der Waals surface area contributed by atoms with E-state index in [4.69, 9.17) is 14.3 Å². The molecular weight excluding hydrogens is 515 g/mol. The SMILES string of the molecule is C=C/C=c1\c(=C)ccc2c3ccc(B4OC(C)(C)C(C)(C)O4)cc3n3c(-c4ccccc4)c(-c4ccccc4)nc3c12. The van der Waals surface area contributed by atoms with E-state index in [1.54, 1.807) is 0 Å². The van der Waals surface area contributed by atoms with Crippen molar-refractivity contribution in [1.29, 1.82) is 0 Å². The fraction of sp³-hybridized carbons (Fsp3) is 0.162. The van der Waals surface area contributed by atoms with Gasteiger partial charge in [-0.1, -0.05) is 110 Å². The molecule has 0 amide bonds. The molecule has 2 aromatic heterocycles. The lowest BCUT2D eigenvalue weighted by Crippen LogP contribution is -2.41. The summed E-state index contributed by atoms with van der Waals surface area (Å²) < 4.78 is 15.3. The predicted octanol–water partition coefficient (Wildman–Crippen LogP) is 6.65. The van der Waals surface area contributed by atoms with Crippen LogP contribution in [0.1, 0.15) is 27.7 Å². The Balaban J connectivity index is 1.68. The molecule has 0 spiro atoms. The molecular formula is C37H33BN2O2. The summed E-state index contributed by atoms with van der Waals surface area (Å²) >= 11 is 0. The third-order valence-electron chi connectivity index (χ3n) is 8.89. The minimum absolute atomic E-state index is 0.435. The number of hydrogen-bond donors (Lipinski definition) is 0. The molecule has 0 aliphatic carbocycles. The number of imidazole rings is 1. The summed E-state index contributed by atoms with van der Waals surface area (Å²) in [5.41, 5.74) is 6.13. The smallest absolute Gasteiger partial charge is 0.399 e. The lowest BCUT2D eigenvalue weighted by atomic mass is 9.78. The van der Waals surface area contributed by atoms with Crippen molar-refractivity contribution in [1.82, 2.24) is 9.38 Å². The molecule has 6 aromatic rings. The molecule has 1 saturated heterocycles. The van der Waals surface area contributed by atoms with Crippen LogP contribution < -0.4 is 15.9 Å². The lowest BCUT2D eigenvalue weighted by Gasteiger charge is -2.32. The molecule has 3 heterocycles. The predicted molar refractivity (Wildman–Crippen MR) is 176 cm³/mol. The van der Waals surface area contributed by atoms with Crippen LogP contribution in [-0.2, 0) is 9.31 Å². The van der Waals surface area contributed by atoms with Crippen LogP contribution in [0.5, 0.6) is 0 Å². The van der Waals surface area contributed by atoms with Crippen molar-refractivity contribution in [2.24, 2.45) is 0 Å². The zero-order valence-corrected chi connectivity index (χ0v) is 24.5. The molecule has 0 N–H and O–H groups in total. The molecule has 7 rings (SSSR count). The average molecular weight is 548 g/mol. The Morgan fingerprint density at radius 3 is 2.05 bits per heavy atom. The minimum atomic E-state index is -0.477. The van der Waals surface area contributed by atoms with Gasteiger partial charge >= 0.3 is 7.12 Å². The first kappa shape index (κ1) is 26.5. The second-order valence-corrected chi connectivity index (χ2v) is 12.0. The molecule has 0 atom stereocenters. The third-order valence-corrected chi connectivity index (χ3v) is 8.89. The lowest BCUT2D eigenvalue weighted by molar-refractivity contribution is 0.00578. The van der Waals surface area contributed by atoms with Gasteiger partial charge in [-0.15, -0.1) is 0 Å². The first-order valence-electron chi connectivity index (χ1n) is 14.4. The summed E-state index contributed by atoms with van der Waals surface area (Å²) in [5, 5.41) is 5.24. The summed E-state index contributed by atoms with van der Waals surface area (Å²) in [5.74, 6) is 0. The largest absolute Gasteiger partial charge is 0.494 e. The molecule has 206 valence electrons. The summed E-state index contributed by atoms with van der Waals surface area (Å²) in [7, 11) is -0.477. The van der Waals surface area contributed by atoms with Gasteiger partial charge in [-0.2, -0.15) is 0 Å². The Morgan fingerprint density at radius 1 is 0.786 bits per heavy atom. The topological polar surface area (TPSA) is 35.8 Å². The van der Waals surface area contributed by atoms with Crippen LogP contribution in [0.4, 0.5) is 0 Å². The van der Waals surface area contributed by atoms with Gasteiger partial charge in [-0.3, -0.25) is 4.40 Å². The number of nitrogens with zero attached hydrogens (tertiary/aromatic N) is 2. The highest BCUT2D eigenvalue weighted by molar-refractivity contribution is 6.62. The summed E-state index contributed by atoms with van der Waals surface area (Å²) in [6, 6.07) is 31.7. The fourth-order valence-electron chi connectivity index (χ4n) is 6.01. The van der Waals surface area contributed by atoms with Gasteiger partial charge in [0.25, 0.3) is 0 Å². The maximum absolute atomic E-state index is 6.48. The quantitative estimate of drug-likeness (QED) is 0.183. The van der Waals surface area contributed by atoms with Gasteiger partial charge in [0.2, 0.25) is 0 Å². The maximum Gasteiger partial charge on any atom is 0.494 e. The Morgan fingerprint density at radius 2 is 1.40 bits per heavy atom. The van der Waals surface area contributed by atoms with Gasteiger partial charge in [0, 0.05) is 21.9 Å². The molecule has 5 heteroatoms. The van der Waals surface area contributed by atoms with E-state index in [1.165, 1.54) is 0 Å². The van der Waals surface area contributed by atoms with E-state index in [1.807, 2.05) is 24.3 Å². The molecule has 4 nitrogen and oxygen atoms in total. The van der Waals surface area contributed by atoms with Crippen LogP contribution in [-0.4, -0.2) is 27.7 Å². The Bertz CT molecular complexity index is 2110. The van der Waals surface area contributed by atoms with Crippen LogP contribution in [0.25, 0.3) is 62.5 Å². The first-order chi connectivity index (χ1) is 20.2. The van der Waals surface area contributed by atoms with Gasteiger partial charge in [-0.25, -0.2) is 4.98 Å². The van der Waals surface area contributed by atoms with Crippen LogP contribution in [0.2, 0.25) is 0 Å². The van der Waals surface area contributed by atoms with Gasteiger partial charge in [0.1, 0.15) is 5.65 Å². The first-order valence-corrected chi connectivity index (χ1v) is 14.4. The number of fused-ring (bicyclic) bond motifs is 6. The highest BCUT2D eigenvalue weighted by atomic mass is 16.7.